The van der Waals surface area contributed by atoms with Crippen molar-refractivity contribution >= 4 is 45.5 Å². The standard InChI is InChI=1S/C28H21N3O4/c1-17(32)30-22-7-4-8-23(16-22)31-25(19-11-13-29-14-12-19)24(27(34)28(31)35)26(33)21-10-9-18-5-2-3-6-20(18)15-21/h2-16,25,33H,1H3,(H,30,32)/b26-24-. The van der Waals surface area contributed by atoms with Crippen molar-refractivity contribution in [2.75, 3.05) is 10.2 Å². The number of nitrogens with zero attached hydrogens (tertiary/aromatic N) is 2. The molecule has 7 nitrogen and oxygen atoms in total. The van der Waals surface area contributed by atoms with Crippen LogP contribution >= 0.6 is 0 Å². The average Bonchev–Trinajstić information content (AvgIpc) is 3.14. The van der Waals surface area contributed by atoms with Gasteiger partial charge in [0.05, 0.1) is 11.6 Å². The zero-order valence-corrected chi connectivity index (χ0v) is 18.8. The molecule has 0 bridgehead atoms. The molecule has 1 saturated heterocycles. The van der Waals surface area contributed by atoms with Crippen molar-refractivity contribution in [3.05, 3.63) is 108 Å². The second kappa shape index (κ2) is 8.87. The second-order valence-corrected chi connectivity index (χ2v) is 8.24. The van der Waals surface area contributed by atoms with E-state index in [4.69, 9.17) is 0 Å². The topological polar surface area (TPSA) is 99.6 Å². The Kier molecular flexibility index (Phi) is 5.58. The maximum absolute atomic E-state index is 13.3. The van der Waals surface area contributed by atoms with Crippen LogP contribution in [-0.4, -0.2) is 27.7 Å². The maximum atomic E-state index is 13.3. The SMILES string of the molecule is CC(=O)Nc1cccc(N2C(=O)C(=O)/C(=C(\O)c3ccc4ccccc4c3)C2c2ccncc2)c1. The number of aliphatic hydroxyl groups excluding tert-OH is 1. The largest absolute Gasteiger partial charge is 0.507 e. The van der Waals surface area contributed by atoms with E-state index in [-0.39, 0.29) is 17.2 Å². The molecule has 7 heteroatoms. The van der Waals surface area contributed by atoms with E-state index in [9.17, 15) is 19.5 Å². The van der Waals surface area contributed by atoms with Gasteiger partial charge in [0.15, 0.2) is 0 Å². The molecular weight excluding hydrogens is 442 g/mol. The lowest BCUT2D eigenvalue weighted by Gasteiger charge is -2.25. The van der Waals surface area contributed by atoms with Crippen LogP contribution in [-0.2, 0) is 14.4 Å². The van der Waals surface area contributed by atoms with Crippen molar-refractivity contribution in [3.63, 3.8) is 0 Å². The summed E-state index contributed by atoms with van der Waals surface area (Å²) in [4.78, 5) is 43.6. The average molecular weight is 463 g/mol. The van der Waals surface area contributed by atoms with Gasteiger partial charge in [-0.2, -0.15) is 0 Å². The molecule has 2 N–H and O–H groups in total. The molecule has 172 valence electrons. The number of ketones is 1. The highest BCUT2D eigenvalue weighted by Gasteiger charge is 2.47. The Morgan fingerprint density at radius 2 is 1.66 bits per heavy atom. The van der Waals surface area contributed by atoms with E-state index in [0.29, 0.717) is 22.5 Å². The Morgan fingerprint density at radius 1 is 0.914 bits per heavy atom. The number of amides is 2. The predicted molar refractivity (Wildman–Crippen MR) is 134 cm³/mol. The molecule has 1 aliphatic rings. The quantitative estimate of drug-likeness (QED) is 0.257. The lowest BCUT2D eigenvalue weighted by atomic mass is 9.95. The van der Waals surface area contributed by atoms with Crippen LogP contribution in [0.4, 0.5) is 11.4 Å². The van der Waals surface area contributed by atoms with Gasteiger partial charge in [-0.05, 0) is 52.7 Å². The lowest BCUT2D eigenvalue weighted by molar-refractivity contribution is -0.132. The lowest BCUT2D eigenvalue weighted by Crippen LogP contribution is -2.29. The third-order valence-corrected chi connectivity index (χ3v) is 5.93. The number of carbonyl (C=O) groups excluding carboxylic acids is 3. The van der Waals surface area contributed by atoms with Crippen molar-refractivity contribution in [3.8, 4) is 0 Å². The minimum Gasteiger partial charge on any atom is -0.507 e. The van der Waals surface area contributed by atoms with Gasteiger partial charge in [-0.1, -0.05) is 42.5 Å². The number of nitrogens with one attached hydrogen (secondary N) is 1. The van der Waals surface area contributed by atoms with E-state index in [2.05, 4.69) is 10.3 Å². The molecule has 3 aromatic carbocycles. The fourth-order valence-corrected chi connectivity index (χ4v) is 4.39. The van der Waals surface area contributed by atoms with Crippen molar-refractivity contribution in [1.82, 2.24) is 4.98 Å². The number of hydrogen-bond acceptors (Lipinski definition) is 5. The first-order valence-corrected chi connectivity index (χ1v) is 11.0. The van der Waals surface area contributed by atoms with Crippen LogP contribution in [0.2, 0.25) is 0 Å². The van der Waals surface area contributed by atoms with Crippen molar-refractivity contribution in [2.24, 2.45) is 0 Å². The molecule has 1 fully saturated rings. The smallest absolute Gasteiger partial charge is 0.300 e. The van der Waals surface area contributed by atoms with Gasteiger partial charge in [0.1, 0.15) is 5.76 Å². The normalized spacial score (nSPS) is 17.1. The Morgan fingerprint density at radius 3 is 2.40 bits per heavy atom. The maximum Gasteiger partial charge on any atom is 0.300 e. The molecule has 0 saturated carbocycles. The highest BCUT2D eigenvalue weighted by molar-refractivity contribution is 6.51. The summed E-state index contributed by atoms with van der Waals surface area (Å²) in [7, 11) is 0. The summed E-state index contributed by atoms with van der Waals surface area (Å²) in [5, 5.41) is 15.9. The van der Waals surface area contributed by atoms with E-state index >= 15 is 0 Å². The molecule has 35 heavy (non-hydrogen) atoms. The summed E-state index contributed by atoms with van der Waals surface area (Å²) < 4.78 is 0. The van der Waals surface area contributed by atoms with Crippen LogP contribution in [0.3, 0.4) is 0 Å². The number of benzene rings is 3. The van der Waals surface area contributed by atoms with Crippen molar-refractivity contribution < 1.29 is 19.5 Å². The van der Waals surface area contributed by atoms with Gasteiger partial charge in [-0.15, -0.1) is 0 Å². The highest BCUT2D eigenvalue weighted by atomic mass is 16.3. The number of pyridine rings is 1. The number of Topliss-reactive ketones (excluding diaryl/α,β-unsaturated/α-hetero) is 1. The number of carbonyl (C=O) groups is 3. The van der Waals surface area contributed by atoms with E-state index < -0.39 is 17.7 Å². The molecule has 5 rings (SSSR count). The van der Waals surface area contributed by atoms with Gasteiger partial charge in [-0.3, -0.25) is 24.3 Å². The van der Waals surface area contributed by atoms with E-state index in [0.717, 1.165) is 10.8 Å². The van der Waals surface area contributed by atoms with Crippen LogP contribution in [0.5, 0.6) is 0 Å². The second-order valence-electron chi connectivity index (χ2n) is 8.24. The first-order chi connectivity index (χ1) is 16.9. The first kappa shape index (κ1) is 22.0. The zero-order valence-electron chi connectivity index (χ0n) is 18.8. The third kappa shape index (κ3) is 4.04. The van der Waals surface area contributed by atoms with Gasteiger partial charge in [0, 0.05) is 36.3 Å². The minimum atomic E-state index is -0.878. The predicted octanol–water partition coefficient (Wildman–Crippen LogP) is 4.82. The fraction of sp³-hybridized carbons (Fsp3) is 0.0714. The summed E-state index contributed by atoms with van der Waals surface area (Å²) in [6.45, 7) is 1.39. The fourth-order valence-electron chi connectivity index (χ4n) is 4.39. The molecule has 2 amide bonds. The summed E-state index contributed by atoms with van der Waals surface area (Å²) in [6.07, 6.45) is 3.14. The number of fused-ring (bicyclic) bond motifs is 1. The van der Waals surface area contributed by atoms with Gasteiger partial charge in [-0.25, -0.2) is 0 Å². The van der Waals surface area contributed by atoms with Gasteiger partial charge < -0.3 is 10.4 Å². The monoisotopic (exact) mass is 463 g/mol. The molecule has 1 atom stereocenters. The zero-order chi connectivity index (χ0) is 24.5. The van der Waals surface area contributed by atoms with E-state index in [1.807, 2.05) is 30.3 Å². The van der Waals surface area contributed by atoms with Crippen LogP contribution in [0, 0.1) is 0 Å². The van der Waals surface area contributed by atoms with Crippen LogP contribution in [0.1, 0.15) is 24.1 Å². The molecule has 1 aliphatic heterocycles. The number of aliphatic hydroxyl groups is 1. The summed E-state index contributed by atoms with van der Waals surface area (Å²) in [5.74, 6) is -2.07. The number of rotatable bonds is 4. The Balaban J connectivity index is 1.69. The van der Waals surface area contributed by atoms with Crippen LogP contribution < -0.4 is 10.2 Å². The van der Waals surface area contributed by atoms with Gasteiger partial charge in [0.2, 0.25) is 5.91 Å². The molecule has 0 radical (unpaired) electrons. The highest BCUT2D eigenvalue weighted by Crippen LogP contribution is 2.42. The van der Waals surface area contributed by atoms with Gasteiger partial charge >= 0.3 is 0 Å². The minimum absolute atomic E-state index is 0.0126. The third-order valence-electron chi connectivity index (χ3n) is 5.93. The number of hydrogen-bond donors (Lipinski definition) is 2. The molecule has 1 aromatic heterocycles. The van der Waals surface area contributed by atoms with Crippen molar-refractivity contribution in [1.29, 1.82) is 0 Å². The Hall–Kier alpha value is -4.78. The Labute approximate surface area is 201 Å². The van der Waals surface area contributed by atoms with Crippen LogP contribution in [0.15, 0.2) is 96.8 Å². The van der Waals surface area contributed by atoms with Crippen LogP contribution in [0.25, 0.3) is 16.5 Å². The molecule has 2 heterocycles. The number of aromatic nitrogens is 1. The van der Waals surface area contributed by atoms with E-state index in [1.54, 1.807) is 60.9 Å². The molecule has 0 spiro atoms. The van der Waals surface area contributed by atoms with Gasteiger partial charge in [0.25, 0.3) is 11.7 Å². The number of anilines is 2. The summed E-state index contributed by atoms with van der Waals surface area (Å²) in [5.41, 5.74) is 1.94. The molecule has 4 aromatic rings. The molecule has 1 unspecified atom stereocenters. The molecular formula is C28H21N3O4. The Bertz CT molecular complexity index is 1510. The summed E-state index contributed by atoms with van der Waals surface area (Å²) in [6, 6.07) is 22.3. The summed E-state index contributed by atoms with van der Waals surface area (Å²) >= 11 is 0. The molecule has 0 aliphatic carbocycles. The first-order valence-electron chi connectivity index (χ1n) is 11.0. The van der Waals surface area contributed by atoms with E-state index in [1.165, 1.54) is 11.8 Å². The van der Waals surface area contributed by atoms with Crippen molar-refractivity contribution in [2.45, 2.75) is 13.0 Å².